The molecule has 0 aliphatic carbocycles. The highest BCUT2D eigenvalue weighted by molar-refractivity contribution is 7.99. The molecule has 1 aromatic heterocycles. The van der Waals surface area contributed by atoms with E-state index in [4.69, 9.17) is 4.74 Å². The minimum Gasteiger partial charge on any atom is -0.374 e. The number of carbonyl (C=O) groups is 1. The van der Waals surface area contributed by atoms with E-state index in [1.807, 2.05) is 13.8 Å². The van der Waals surface area contributed by atoms with Gasteiger partial charge < -0.3 is 19.9 Å². The summed E-state index contributed by atoms with van der Waals surface area (Å²) in [5.41, 5.74) is -1.11. The van der Waals surface area contributed by atoms with Gasteiger partial charge in [-0.05, 0) is 50.7 Å². The molecule has 3 heterocycles. The first-order chi connectivity index (χ1) is 20.4. The lowest BCUT2D eigenvalue weighted by atomic mass is 9.96. The minimum absolute atomic E-state index is 0.106. The lowest BCUT2D eigenvalue weighted by Gasteiger charge is -2.44. The van der Waals surface area contributed by atoms with Crippen LogP contribution in [0.15, 0.2) is 52.7 Å². The van der Waals surface area contributed by atoms with Crippen LogP contribution in [0.2, 0.25) is 0 Å². The first-order valence-electron chi connectivity index (χ1n) is 14.0. The number of halogens is 4. The Morgan fingerprint density at radius 3 is 2.47 bits per heavy atom. The van der Waals surface area contributed by atoms with E-state index in [0.717, 1.165) is 18.2 Å². The number of anilines is 1. The van der Waals surface area contributed by atoms with Crippen LogP contribution in [-0.2, 0) is 22.3 Å². The number of nitrogens with zero attached hydrogens (tertiary/aromatic N) is 4. The third-order valence-corrected chi connectivity index (χ3v) is 9.01. The maximum absolute atomic E-state index is 14.8. The molecule has 230 valence electrons. The summed E-state index contributed by atoms with van der Waals surface area (Å²) in [5.74, 6) is -0.394. The number of piperazine rings is 1. The van der Waals surface area contributed by atoms with Gasteiger partial charge in [-0.25, -0.2) is 9.18 Å². The Hall–Kier alpha value is -3.42. The summed E-state index contributed by atoms with van der Waals surface area (Å²) < 4.78 is 65.8. The highest BCUT2D eigenvalue weighted by Gasteiger charge is 2.39. The van der Waals surface area contributed by atoms with Crippen molar-refractivity contribution in [3.05, 3.63) is 64.9 Å². The van der Waals surface area contributed by atoms with Crippen LogP contribution in [0.5, 0.6) is 0 Å². The van der Waals surface area contributed by atoms with E-state index in [1.54, 1.807) is 16.8 Å². The standard InChI is InChI=1S/C30H33F4N5O3S/c1-5-24(40)39-17(2)13-37(14-18(39)3)28-22-12-23(30(32,33)34)25(19-6-8-20(31)9-7-19)27-26(22)38(29(41)36-28)15-21(16-43-27)42-11-10-35-4/h5-9,12,17-18,21,35H,1,10-11,13-16H2,2-4H3/t17-,18+,21?. The van der Waals surface area contributed by atoms with Crippen molar-refractivity contribution in [2.75, 3.05) is 43.9 Å². The van der Waals surface area contributed by atoms with E-state index < -0.39 is 29.4 Å². The van der Waals surface area contributed by atoms with Crippen molar-refractivity contribution in [1.29, 1.82) is 0 Å². The van der Waals surface area contributed by atoms with Gasteiger partial charge in [0.25, 0.3) is 0 Å². The number of ether oxygens (including phenoxy) is 1. The molecule has 8 nitrogen and oxygen atoms in total. The molecule has 1 amide bonds. The number of carbonyl (C=O) groups excluding carboxylic acids is 1. The zero-order valence-electron chi connectivity index (χ0n) is 24.1. The van der Waals surface area contributed by atoms with Crippen molar-refractivity contribution < 1.29 is 27.1 Å². The molecule has 3 aromatic rings. The van der Waals surface area contributed by atoms with Gasteiger partial charge >= 0.3 is 11.9 Å². The Balaban J connectivity index is 1.76. The summed E-state index contributed by atoms with van der Waals surface area (Å²) in [7, 11) is 1.78. The number of nitrogens with one attached hydrogen (secondary N) is 1. The number of likely N-dealkylation sites (N-methyl/N-ethyl adjacent to an activating group) is 1. The first-order valence-corrected chi connectivity index (χ1v) is 15.0. The minimum atomic E-state index is -4.77. The van der Waals surface area contributed by atoms with Crippen molar-refractivity contribution in [1.82, 2.24) is 19.8 Å². The van der Waals surface area contributed by atoms with Crippen molar-refractivity contribution in [3.8, 4) is 11.1 Å². The molecular formula is C30H33F4N5O3S. The van der Waals surface area contributed by atoms with Crippen LogP contribution in [0.4, 0.5) is 23.4 Å². The molecule has 5 rings (SSSR count). The Labute approximate surface area is 250 Å². The Morgan fingerprint density at radius 1 is 1.19 bits per heavy atom. The van der Waals surface area contributed by atoms with Gasteiger partial charge in [-0.15, -0.1) is 11.8 Å². The van der Waals surface area contributed by atoms with Gasteiger partial charge in [0.1, 0.15) is 11.6 Å². The van der Waals surface area contributed by atoms with Crippen LogP contribution >= 0.6 is 11.8 Å². The molecule has 0 radical (unpaired) electrons. The summed E-state index contributed by atoms with van der Waals surface area (Å²) in [4.78, 5) is 34.3. The second kappa shape index (κ2) is 12.3. The van der Waals surface area contributed by atoms with E-state index in [9.17, 15) is 27.2 Å². The van der Waals surface area contributed by atoms with Crippen molar-refractivity contribution in [2.45, 2.75) is 49.7 Å². The van der Waals surface area contributed by atoms with E-state index in [2.05, 4.69) is 16.9 Å². The average Bonchev–Trinajstić information content (AvgIpc) is 3.15. The number of benzene rings is 2. The summed E-state index contributed by atoms with van der Waals surface area (Å²) in [6, 6.07) is 5.29. The Bertz CT molecular complexity index is 1580. The zero-order chi connectivity index (χ0) is 31.1. The van der Waals surface area contributed by atoms with Gasteiger partial charge in [0.2, 0.25) is 5.91 Å². The Kier molecular flexibility index (Phi) is 8.87. The van der Waals surface area contributed by atoms with Gasteiger partial charge in [-0.1, -0.05) is 18.7 Å². The van der Waals surface area contributed by atoms with Crippen molar-refractivity contribution >= 4 is 34.4 Å². The topological polar surface area (TPSA) is 79.7 Å². The van der Waals surface area contributed by atoms with E-state index in [0.29, 0.717) is 24.4 Å². The summed E-state index contributed by atoms with van der Waals surface area (Å²) in [5, 5.41) is 3.17. The molecule has 2 aliphatic rings. The largest absolute Gasteiger partial charge is 0.417 e. The summed E-state index contributed by atoms with van der Waals surface area (Å²) in [6.07, 6.45) is -4.00. The second-order valence-corrected chi connectivity index (χ2v) is 11.8. The Morgan fingerprint density at radius 2 is 1.86 bits per heavy atom. The molecular weight excluding hydrogens is 586 g/mol. The smallest absolute Gasteiger partial charge is 0.374 e. The number of aromatic nitrogens is 2. The fraction of sp³-hybridized carbons (Fsp3) is 0.433. The number of hydrogen-bond acceptors (Lipinski definition) is 7. The molecule has 1 N–H and O–H groups in total. The van der Waals surface area contributed by atoms with Gasteiger partial charge in [-0.3, -0.25) is 9.36 Å². The van der Waals surface area contributed by atoms with Gasteiger partial charge in [0.05, 0.1) is 30.3 Å². The van der Waals surface area contributed by atoms with Crippen LogP contribution < -0.4 is 15.9 Å². The molecule has 13 heteroatoms. The van der Waals surface area contributed by atoms with E-state index >= 15 is 0 Å². The van der Waals surface area contributed by atoms with Gasteiger partial charge in [0, 0.05) is 53.3 Å². The maximum atomic E-state index is 14.8. The highest BCUT2D eigenvalue weighted by Crippen LogP contribution is 2.48. The normalized spacial score (nSPS) is 20.8. The number of alkyl halides is 3. The predicted octanol–water partition coefficient (Wildman–Crippen LogP) is 4.54. The van der Waals surface area contributed by atoms with Gasteiger partial charge in [-0.2, -0.15) is 18.2 Å². The lowest BCUT2D eigenvalue weighted by Crippen LogP contribution is -2.58. The van der Waals surface area contributed by atoms with Crippen LogP contribution in [0.1, 0.15) is 19.4 Å². The number of thioether (sulfide) groups is 1. The van der Waals surface area contributed by atoms with E-state index in [-0.39, 0.29) is 64.9 Å². The first kappa shape index (κ1) is 31.0. The van der Waals surface area contributed by atoms with Crippen LogP contribution in [0, 0.1) is 5.82 Å². The average molecular weight is 620 g/mol. The third-order valence-electron chi connectivity index (χ3n) is 7.79. The lowest BCUT2D eigenvalue weighted by molar-refractivity contribution is -0.137. The molecule has 0 saturated carbocycles. The zero-order valence-corrected chi connectivity index (χ0v) is 24.9. The molecule has 0 bridgehead atoms. The molecule has 2 aliphatic heterocycles. The molecule has 1 saturated heterocycles. The SMILES string of the molecule is C=CC(=O)N1[C@H](C)CN(c2nc(=O)n3c4c(c(-c5ccc(F)cc5)c(C(F)(F)F)cc24)SCC(OCCNC)C3)C[C@@H]1C. The molecule has 1 fully saturated rings. The fourth-order valence-corrected chi connectivity index (χ4v) is 7.25. The second-order valence-electron chi connectivity index (χ2n) is 10.8. The third kappa shape index (κ3) is 6.02. The van der Waals surface area contributed by atoms with Crippen LogP contribution in [-0.4, -0.2) is 77.6 Å². The molecule has 1 unspecified atom stereocenters. The summed E-state index contributed by atoms with van der Waals surface area (Å²) >= 11 is 1.19. The van der Waals surface area contributed by atoms with E-state index in [1.165, 1.54) is 34.5 Å². The predicted molar refractivity (Wildman–Crippen MR) is 159 cm³/mol. The monoisotopic (exact) mass is 619 g/mol. The number of amides is 1. The number of rotatable bonds is 7. The van der Waals surface area contributed by atoms with Gasteiger partial charge in [0.15, 0.2) is 0 Å². The molecule has 43 heavy (non-hydrogen) atoms. The molecule has 3 atom stereocenters. The van der Waals surface area contributed by atoms with Crippen molar-refractivity contribution in [3.63, 3.8) is 0 Å². The van der Waals surface area contributed by atoms with Crippen molar-refractivity contribution in [2.24, 2.45) is 0 Å². The number of hydrogen-bond donors (Lipinski definition) is 1. The van der Waals surface area contributed by atoms with Crippen LogP contribution in [0.3, 0.4) is 0 Å². The molecule has 2 aromatic carbocycles. The maximum Gasteiger partial charge on any atom is 0.417 e. The summed E-state index contributed by atoms with van der Waals surface area (Å²) in [6.45, 7) is 8.78. The molecule has 0 spiro atoms. The quantitative estimate of drug-likeness (QED) is 0.236. The highest BCUT2D eigenvalue weighted by atomic mass is 32.2. The fourth-order valence-electron chi connectivity index (χ4n) is 5.97. The van der Waals surface area contributed by atoms with Crippen LogP contribution in [0.25, 0.3) is 22.0 Å².